The second-order valence-corrected chi connectivity index (χ2v) is 5.87. The van der Waals surface area contributed by atoms with Crippen molar-refractivity contribution in [2.75, 3.05) is 0 Å². The Morgan fingerprint density at radius 3 is 2.54 bits per heavy atom. The van der Waals surface area contributed by atoms with Crippen LogP contribution in [0.1, 0.15) is 5.56 Å². The van der Waals surface area contributed by atoms with Gasteiger partial charge in [0.05, 0.1) is 11.5 Å². The van der Waals surface area contributed by atoms with Crippen LogP contribution in [0.5, 0.6) is 0 Å². The third kappa shape index (κ3) is 2.98. The van der Waals surface area contributed by atoms with Gasteiger partial charge in [-0.15, -0.1) is 5.10 Å². The molecule has 4 aromatic rings. The van der Waals surface area contributed by atoms with Crippen molar-refractivity contribution in [2.24, 2.45) is 0 Å². The minimum absolute atomic E-state index is 0.0236. The number of nitro benzene ring substituents is 1. The van der Waals surface area contributed by atoms with Crippen LogP contribution >= 0.6 is 0 Å². The molecule has 0 N–H and O–H groups in total. The lowest BCUT2D eigenvalue weighted by molar-refractivity contribution is -0.384. The van der Waals surface area contributed by atoms with Gasteiger partial charge >= 0.3 is 0 Å². The number of fused-ring (bicyclic) bond motifs is 1. The number of nitro groups is 1. The first-order valence-electron chi connectivity index (χ1n) is 7.93. The van der Waals surface area contributed by atoms with Crippen LogP contribution in [0.3, 0.4) is 0 Å². The fourth-order valence-corrected chi connectivity index (χ4v) is 2.69. The van der Waals surface area contributed by atoms with E-state index in [1.54, 1.807) is 0 Å². The van der Waals surface area contributed by atoms with E-state index in [1.165, 1.54) is 41.2 Å². The van der Waals surface area contributed by atoms with Crippen molar-refractivity contribution in [1.82, 2.24) is 24.5 Å². The fourth-order valence-electron chi connectivity index (χ4n) is 2.69. The average molecular weight is 384 g/mol. The van der Waals surface area contributed by atoms with Crippen molar-refractivity contribution < 1.29 is 13.7 Å². The average Bonchev–Trinajstić information content (AvgIpc) is 3.09. The highest BCUT2D eigenvalue weighted by Gasteiger charge is 2.16. The van der Waals surface area contributed by atoms with E-state index in [-0.39, 0.29) is 29.1 Å². The lowest BCUT2D eigenvalue weighted by Gasteiger charge is -2.06. The Morgan fingerprint density at radius 2 is 1.86 bits per heavy atom. The van der Waals surface area contributed by atoms with Gasteiger partial charge in [-0.1, -0.05) is 17.3 Å². The molecule has 0 aliphatic heterocycles. The topological polar surface area (TPSA) is 109 Å². The molecule has 0 aliphatic carbocycles. The molecular formula is C17H10F2N6O3. The van der Waals surface area contributed by atoms with Crippen LogP contribution in [0.4, 0.5) is 14.5 Å². The van der Waals surface area contributed by atoms with E-state index in [1.807, 2.05) is 0 Å². The molecule has 0 fully saturated rings. The summed E-state index contributed by atoms with van der Waals surface area (Å²) in [7, 11) is 0. The molecule has 0 radical (unpaired) electrons. The van der Waals surface area contributed by atoms with Gasteiger partial charge in [-0.2, -0.15) is 4.68 Å². The summed E-state index contributed by atoms with van der Waals surface area (Å²) >= 11 is 0. The third-order valence-electron chi connectivity index (χ3n) is 4.07. The predicted octanol–water partition coefficient (Wildman–Crippen LogP) is 2.21. The second kappa shape index (κ2) is 6.61. The second-order valence-electron chi connectivity index (χ2n) is 5.87. The van der Waals surface area contributed by atoms with Crippen LogP contribution in [-0.4, -0.2) is 29.5 Å². The SMILES string of the molecule is O=c1c2nnn(-c3ccc(F)cc3F)c2ncn1Cc1ccc([N+](=O)[O-])cc1. The smallest absolute Gasteiger partial charge is 0.283 e. The van der Waals surface area contributed by atoms with Crippen molar-refractivity contribution in [3.05, 3.63) is 86.5 Å². The molecule has 28 heavy (non-hydrogen) atoms. The highest BCUT2D eigenvalue weighted by molar-refractivity contribution is 5.70. The molecule has 11 heteroatoms. The number of aromatic nitrogens is 5. The third-order valence-corrected chi connectivity index (χ3v) is 4.07. The molecule has 4 rings (SSSR count). The number of hydrogen-bond acceptors (Lipinski definition) is 6. The van der Waals surface area contributed by atoms with Crippen LogP contribution in [0.25, 0.3) is 16.9 Å². The summed E-state index contributed by atoms with van der Waals surface area (Å²) in [5, 5.41) is 18.2. The van der Waals surface area contributed by atoms with Gasteiger partial charge in [0.25, 0.3) is 11.2 Å². The van der Waals surface area contributed by atoms with Crippen LogP contribution in [0, 0.1) is 21.7 Å². The lowest BCUT2D eigenvalue weighted by atomic mass is 10.2. The summed E-state index contributed by atoms with van der Waals surface area (Å²) < 4.78 is 29.4. The number of nitrogens with zero attached hydrogens (tertiary/aromatic N) is 6. The molecule has 0 bridgehead atoms. The molecule has 0 atom stereocenters. The van der Waals surface area contributed by atoms with Crippen LogP contribution in [-0.2, 0) is 6.54 Å². The predicted molar refractivity (Wildman–Crippen MR) is 93.0 cm³/mol. The zero-order valence-corrected chi connectivity index (χ0v) is 14.0. The molecule has 0 saturated heterocycles. The zero-order valence-electron chi connectivity index (χ0n) is 14.0. The molecule has 0 unspecified atom stereocenters. The Kier molecular flexibility index (Phi) is 4.11. The molecule has 0 amide bonds. The van der Waals surface area contributed by atoms with E-state index in [0.717, 1.165) is 10.7 Å². The molecule has 140 valence electrons. The van der Waals surface area contributed by atoms with Crippen LogP contribution < -0.4 is 5.56 Å². The number of non-ortho nitro benzene ring substituents is 1. The first kappa shape index (κ1) is 17.4. The summed E-state index contributed by atoms with van der Waals surface area (Å²) in [6.45, 7) is 0.109. The van der Waals surface area contributed by atoms with Crippen molar-refractivity contribution in [1.29, 1.82) is 0 Å². The maximum Gasteiger partial charge on any atom is 0.283 e. The van der Waals surface area contributed by atoms with Gasteiger partial charge < -0.3 is 0 Å². The summed E-state index contributed by atoms with van der Waals surface area (Å²) in [5.74, 6) is -1.62. The number of benzene rings is 2. The maximum absolute atomic E-state index is 14.0. The Hall–Kier alpha value is -4.02. The highest BCUT2D eigenvalue weighted by Crippen LogP contribution is 2.17. The monoisotopic (exact) mass is 384 g/mol. The molecular weight excluding hydrogens is 374 g/mol. The number of halogens is 2. The van der Waals surface area contributed by atoms with E-state index < -0.39 is 22.1 Å². The minimum atomic E-state index is -0.872. The molecule has 0 aliphatic rings. The highest BCUT2D eigenvalue weighted by atomic mass is 19.1. The normalized spacial score (nSPS) is 11.1. The van der Waals surface area contributed by atoms with Gasteiger partial charge in [0.15, 0.2) is 17.0 Å². The van der Waals surface area contributed by atoms with E-state index >= 15 is 0 Å². The minimum Gasteiger partial charge on any atom is -0.293 e. The lowest BCUT2D eigenvalue weighted by Crippen LogP contribution is -2.21. The van der Waals surface area contributed by atoms with Gasteiger partial charge in [-0.25, -0.2) is 13.8 Å². The maximum atomic E-state index is 14.0. The largest absolute Gasteiger partial charge is 0.293 e. The summed E-state index contributed by atoms with van der Waals surface area (Å²) in [4.78, 5) is 26.9. The zero-order chi connectivity index (χ0) is 19.8. The first-order chi connectivity index (χ1) is 13.4. The van der Waals surface area contributed by atoms with Gasteiger partial charge in [-0.05, 0) is 17.7 Å². The van der Waals surface area contributed by atoms with Gasteiger partial charge in [0.2, 0.25) is 0 Å². The van der Waals surface area contributed by atoms with Crippen molar-refractivity contribution >= 4 is 16.9 Å². The number of rotatable bonds is 4. The van der Waals surface area contributed by atoms with E-state index in [9.17, 15) is 23.7 Å². The van der Waals surface area contributed by atoms with Gasteiger partial charge in [-0.3, -0.25) is 19.5 Å². The van der Waals surface area contributed by atoms with Crippen LogP contribution in [0.2, 0.25) is 0 Å². The molecule has 2 aromatic carbocycles. The molecule has 2 aromatic heterocycles. The summed E-state index contributed by atoms with van der Waals surface area (Å²) in [6.07, 6.45) is 1.24. The summed E-state index contributed by atoms with van der Waals surface area (Å²) in [6, 6.07) is 8.64. The molecule has 2 heterocycles. The Morgan fingerprint density at radius 1 is 1.11 bits per heavy atom. The summed E-state index contributed by atoms with van der Waals surface area (Å²) in [5.41, 5.74) is -0.0931. The first-order valence-corrected chi connectivity index (χ1v) is 7.93. The standard InChI is InChI=1S/C17H10F2N6O3/c18-11-3-6-14(13(19)7-11)24-16-15(21-22-24)17(26)23(9-20-16)8-10-1-4-12(5-2-10)25(27)28/h1-7,9H,8H2. The van der Waals surface area contributed by atoms with E-state index in [2.05, 4.69) is 15.3 Å². The van der Waals surface area contributed by atoms with Crippen molar-refractivity contribution in [3.63, 3.8) is 0 Å². The van der Waals surface area contributed by atoms with Crippen molar-refractivity contribution in [3.8, 4) is 5.69 Å². The van der Waals surface area contributed by atoms with Crippen molar-refractivity contribution in [2.45, 2.75) is 6.54 Å². The molecule has 0 saturated carbocycles. The Labute approximate surface area is 154 Å². The molecule has 9 nitrogen and oxygen atoms in total. The Balaban J connectivity index is 1.72. The Bertz CT molecular complexity index is 1270. The van der Waals surface area contributed by atoms with Crippen LogP contribution in [0.15, 0.2) is 53.6 Å². The van der Waals surface area contributed by atoms with E-state index in [4.69, 9.17) is 0 Å². The molecule has 0 spiro atoms. The van der Waals surface area contributed by atoms with E-state index in [0.29, 0.717) is 11.6 Å². The van der Waals surface area contributed by atoms with Gasteiger partial charge in [0, 0.05) is 18.2 Å². The van der Waals surface area contributed by atoms with Gasteiger partial charge in [0.1, 0.15) is 17.8 Å². The fraction of sp³-hybridized carbons (Fsp3) is 0.0588. The number of hydrogen-bond donors (Lipinski definition) is 0. The quantitative estimate of drug-likeness (QED) is 0.394.